The van der Waals surface area contributed by atoms with Crippen molar-refractivity contribution in [2.75, 3.05) is 5.32 Å². The highest BCUT2D eigenvalue weighted by Crippen LogP contribution is 2.23. The van der Waals surface area contributed by atoms with Gasteiger partial charge in [-0.25, -0.2) is 0 Å². The molecule has 136 valence electrons. The van der Waals surface area contributed by atoms with Gasteiger partial charge in [-0.2, -0.15) is 0 Å². The van der Waals surface area contributed by atoms with Crippen LogP contribution in [0.5, 0.6) is 0 Å². The van der Waals surface area contributed by atoms with Crippen LogP contribution in [-0.2, 0) is 4.79 Å². The van der Waals surface area contributed by atoms with Crippen molar-refractivity contribution in [1.82, 2.24) is 5.32 Å². The van der Waals surface area contributed by atoms with E-state index in [1.807, 2.05) is 36.4 Å². The molecule has 0 fully saturated rings. The number of hydrogen-bond acceptors (Lipinski definition) is 3. The lowest BCUT2D eigenvalue weighted by Crippen LogP contribution is -2.32. The van der Waals surface area contributed by atoms with Crippen molar-refractivity contribution < 1.29 is 9.21 Å². The van der Waals surface area contributed by atoms with Gasteiger partial charge in [0.15, 0.2) is 5.11 Å². The number of nitrogens with one attached hydrogen (secondary N) is 2. The van der Waals surface area contributed by atoms with Crippen molar-refractivity contribution in [3.63, 3.8) is 0 Å². The second-order valence-corrected chi connectivity index (χ2v) is 6.78. The number of furan rings is 1. The lowest BCUT2D eigenvalue weighted by Gasteiger charge is -2.08. The fraction of sp³-hybridized carbons (Fsp3) is 0. The van der Waals surface area contributed by atoms with E-state index in [0.717, 1.165) is 11.3 Å². The summed E-state index contributed by atoms with van der Waals surface area (Å²) in [6.07, 6.45) is 2.91. The molecule has 1 amide bonds. The molecule has 0 saturated heterocycles. The molecular formula is C20H14Cl2N2O2S. The second kappa shape index (κ2) is 8.86. The molecule has 0 bridgehead atoms. The summed E-state index contributed by atoms with van der Waals surface area (Å²) in [5, 5.41) is 6.45. The van der Waals surface area contributed by atoms with Crippen LogP contribution in [0.2, 0.25) is 10.0 Å². The average molecular weight is 417 g/mol. The number of benzene rings is 2. The van der Waals surface area contributed by atoms with Gasteiger partial charge in [-0.1, -0.05) is 53.5 Å². The van der Waals surface area contributed by atoms with Gasteiger partial charge in [0.2, 0.25) is 5.91 Å². The molecule has 4 nitrogen and oxygen atoms in total. The minimum absolute atomic E-state index is 0.132. The summed E-state index contributed by atoms with van der Waals surface area (Å²) < 4.78 is 5.70. The molecule has 0 unspecified atom stereocenters. The van der Waals surface area contributed by atoms with Gasteiger partial charge in [0.05, 0.1) is 0 Å². The Balaban J connectivity index is 1.57. The molecule has 1 heterocycles. The zero-order valence-corrected chi connectivity index (χ0v) is 16.2. The summed E-state index contributed by atoms with van der Waals surface area (Å²) >= 11 is 17.0. The molecule has 0 aliphatic heterocycles. The second-order valence-electron chi connectivity index (χ2n) is 5.50. The molecule has 3 aromatic rings. The first-order valence-corrected chi connectivity index (χ1v) is 9.07. The van der Waals surface area contributed by atoms with Crippen molar-refractivity contribution in [2.24, 2.45) is 0 Å². The predicted octanol–water partition coefficient (Wildman–Crippen LogP) is 5.78. The number of carbonyl (C=O) groups excluding carboxylic acids is 1. The van der Waals surface area contributed by atoms with E-state index in [0.29, 0.717) is 21.5 Å². The molecule has 0 spiro atoms. The van der Waals surface area contributed by atoms with Crippen LogP contribution >= 0.6 is 35.4 Å². The van der Waals surface area contributed by atoms with Gasteiger partial charge in [-0.15, -0.1) is 0 Å². The molecule has 7 heteroatoms. The molecule has 0 saturated carbocycles. The summed E-state index contributed by atoms with van der Waals surface area (Å²) in [6.45, 7) is 0. The quantitative estimate of drug-likeness (QED) is 0.418. The highest BCUT2D eigenvalue weighted by atomic mass is 35.5. The van der Waals surface area contributed by atoms with Gasteiger partial charge in [-0.3, -0.25) is 10.1 Å². The largest absolute Gasteiger partial charge is 0.457 e. The van der Waals surface area contributed by atoms with E-state index in [1.54, 1.807) is 30.3 Å². The van der Waals surface area contributed by atoms with E-state index in [2.05, 4.69) is 10.6 Å². The summed E-state index contributed by atoms with van der Waals surface area (Å²) in [5.74, 6) is 0.897. The summed E-state index contributed by atoms with van der Waals surface area (Å²) in [7, 11) is 0. The first kappa shape index (κ1) is 19.2. The zero-order chi connectivity index (χ0) is 19.2. The van der Waals surface area contributed by atoms with Gasteiger partial charge in [0.25, 0.3) is 0 Å². The number of anilines is 1. The van der Waals surface area contributed by atoms with E-state index in [4.69, 9.17) is 39.8 Å². The Morgan fingerprint density at radius 1 is 1.00 bits per heavy atom. The maximum absolute atomic E-state index is 12.0. The van der Waals surface area contributed by atoms with Crippen molar-refractivity contribution in [3.05, 3.63) is 82.5 Å². The van der Waals surface area contributed by atoms with Crippen LogP contribution in [0.25, 0.3) is 17.4 Å². The summed E-state index contributed by atoms with van der Waals surface area (Å²) in [4.78, 5) is 12.0. The van der Waals surface area contributed by atoms with Crippen LogP contribution in [0.4, 0.5) is 5.69 Å². The Labute approximate surface area is 171 Å². The van der Waals surface area contributed by atoms with E-state index in [9.17, 15) is 4.79 Å². The smallest absolute Gasteiger partial charge is 0.250 e. The van der Waals surface area contributed by atoms with Gasteiger partial charge >= 0.3 is 0 Å². The third-order valence-electron chi connectivity index (χ3n) is 3.44. The highest BCUT2D eigenvalue weighted by Gasteiger charge is 2.05. The monoisotopic (exact) mass is 416 g/mol. The maximum atomic E-state index is 12.0. The Morgan fingerprint density at radius 3 is 2.41 bits per heavy atom. The van der Waals surface area contributed by atoms with Crippen molar-refractivity contribution in [3.8, 4) is 11.3 Å². The van der Waals surface area contributed by atoms with E-state index in [1.165, 1.54) is 6.08 Å². The SMILES string of the molecule is O=C(/C=C/c1ccc(-c2ccccc2)o1)NC(=S)Nc1cc(Cl)cc(Cl)c1. The molecular weight excluding hydrogens is 403 g/mol. The van der Waals surface area contributed by atoms with Gasteiger partial charge in [0, 0.05) is 27.4 Å². The molecule has 1 aromatic heterocycles. The van der Waals surface area contributed by atoms with E-state index >= 15 is 0 Å². The lowest BCUT2D eigenvalue weighted by molar-refractivity contribution is -0.115. The number of hydrogen-bond donors (Lipinski definition) is 2. The number of amides is 1. The number of thiocarbonyl (C=S) groups is 1. The fourth-order valence-electron chi connectivity index (χ4n) is 2.30. The van der Waals surface area contributed by atoms with Crippen molar-refractivity contribution in [2.45, 2.75) is 0 Å². The standard InChI is InChI=1S/C20H14Cl2N2O2S/c21-14-10-15(22)12-16(11-14)23-20(27)24-19(25)9-7-17-6-8-18(26-17)13-4-2-1-3-5-13/h1-12H,(H2,23,24,25,27)/b9-7+. The molecule has 0 aliphatic rings. The number of carbonyl (C=O) groups is 1. The third-order valence-corrected chi connectivity index (χ3v) is 4.08. The molecule has 3 rings (SSSR count). The van der Waals surface area contributed by atoms with Crippen LogP contribution in [0.3, 0.4) is 0 Å². The number of halogens is 2. The van der Waals surface area contributed by atoms with E-state index < -0.39 is 5.91 Å². The molecule has 2 aromatic carbocycles. The van der Waals surface area contributed by atoms with Gasteiger partial charge in [0.1, 0.15) is 11.5 Å². The number of rotatable bonds is 4. The first-order chi connectivity index (χ1) is 13.0. The Morgan fingerprint density at radius 2 is 1.70 bits per heavy atom. The fourth-order valence-corrected chi connectivity index (χ4v) is 3.04. The van der Waals surface area contributed by atoms with Crippen LogP contribution < -0.4 is 10.6 Å². The van der Waals surface area contributed by atoms with Gasteiger partial charge in [-0.05, 0) is 48.6 Å². The lowest BCUT2D eigenvalue weighted by atomic mass is 10.2. The Hall–Kier alpha value is -2.60. The predicted molar refractivity (Wildman–Crippen MR) is 114 cm³/mol. The minimum atomic E-state index is -0.390. The molecule has 0 aliphatic carbocycles. The topological polar surface area (TPSA) is 54.3 Å². The van der Waals surface area contributed by atoms with Crippen LogP contribution in [0.15, 0.2) is 71.2 Å². The third kappa shape index (κ3) is 5.69. The first-order valence-electron chi connectivity index (χ1n) is 7.91. The Bertz CT molecular complexity index is 980. The van der Waals surface area contributed by atoms with Crippen LogP contribution in [-0.4, -0.2) is 11.0 Å². The molecule has 0 radical (unpaired) electrons. The summed E-state index contributed by atoms with van der Waals surface area (Å²) in [6, 6.07) is 18.2. The molecule has 0 atom stereocenters. The van der Waals surface area contributed by atoms with Crippen LogP contribution in [0, 0.1) is 0 Å². The van der Waals surface area contributed by atoms with E-state index in [-0.39, 0.29) is 5.11 Å². The van der Waals surface area contributed by atoms with Crippen molar-refractivity contribution in [1.29, 1.82) is 0 Å². The maximum Gasteiger partial charge on any atom is 0.250 e. The minimum Gasteiger partial charge on any atom is -0.457 e. The molecule has 2 N–H and O–H groups in total. The average Bonchev–Trinajstić information content (AvgIpc) is 3.09. The van der Waals surface area contributed by atoms with Gasteiger partial charge < -0.3 is 9.73 Å². The highest BCUT2D eigenvalue weighted by molar-refractivity contribution is 7.80. The molecule has 27 heavy (non-hydrogen) atoms. The normalized spacial score (nSPS) is 10.7. The summed E-state index contributed by atoms with van der Waals surface area (Å²) in [5.41, 5.74) is 1.55. The van der Waals surface area contributed by atoms with Crippen LogP contribution in [0.1, 0.15) is 5.76 Å². The van der Waals surface area contributed by atoms with Crippen molar-refractivity contribution >= 4 is 58.2 Å². The Kier molecular flexibility index (Phi) is 6.29. The zero-order valence-electron chi connectivity index (χ0n) is 13.9.